The summed E-state index contributed by atoms with van der Waals surface area (Å²) in [6.45, 7) is 18.9. The van der Waals surface area contributed by atoms with E-state index < -0.39 is 0 Å². The molecular weight excluding hydrogens is 364 g/mol. The molecule has 7 nitrogen and oxygen atoms in total. The Balaban J connectivity index is 1.96. The summed E-state index contributed by atoms with van der Waals surface area (Å²) in [5.74, 6) is 2.46. The third-order valence-electron chi connectivity index (χ3n) is 5.42. The number of ether oxygens (including phenoxy) is 1. The van der Waals surface area contributed by atoms with E-state index in [1.54, 1.807) is 0 Å². The van der Waals surface area contributed by atoms with Gasteiger partial charge in [-0.2, -0.15) is 0 Å². The van der Waals surface area contributed by atoms with Crippen LogP contribution in [0.2, 0.25) is 0 Å². The van der Waals surface area contributed by atoms with Gasteiger partial charge in [-0.3, -0.25) is 4.90 Å². The van der Waals surface area contributed by atoms with Gasteiger partial charge >= 0.3 is 0 Å². The molecule has 1 aromatic heterocycles. The van der Waals surface area contributed by atoms with Crippen LogP contribution < -0.4 is 15.5 Å². The molecule has 1 aromatic rings. The van der Waals surface area contributed by atoms with Gasteiger partial charge in [-0.25, -0.2) is 9.98 Å². The number of nitrogens with one attached hydrogen (secondary N) is 2. The van der Waals surface area contributed by atoms with Crippen LogP contribution in [0.4, 0.5) is 5.82 Å². The normalized spacial score (nSPS) is 16.7. The predicted octanol–water partition coefficient (Wildman–Crippen LogP) is 2.34. The number of aromatic nitrogens is 1. The fraction of sp³-hybridized carbons (Fsp3) is 0.727. The predicted molar refractivity (Wildman–Crippen MR) is 122 cm³/mol. The fourth-order valence-corrected chi connectivity index (χ4v) is 3.65. The minimum absolute atomic E-state index is 0.470. The summed E-state index contributed by atoms with van der Waals surface area (Å²) in [5, 5.41) is 6.91. The Morgan fingerprint density at radius 1 is 1.17 bits per heavy atom. The summed E-state index contributed by atoms with van der Waals surface area (Å²) in [6, 6.07) is 4.68. The number of pyridine rings is 1. The minimum Gasteiger partial charge on any atom is -0.379 e. The van der Waals surface area contributed by atoms with Crippen molar-refractivity contribution in [2.75, 3.05) is 57.4 Å². The topological polar surface area (TPSA) is 65.0 Å². The largest absolute Gasteiger partial charge is 0.379 e. The first-order chi connectivity index (χ1) is 14.1. The Kier molecular flexibility index (Phi) is 10.2. The average Bonchev–Trinajstić information content (AvgIpc) is 2.74. The van der Waals surface area contributed by atoms with Crippen LogP contribution in [0.25, 0.3) is 0 Å². The van der Waals surface area contributed by atoms with Gasteiger partial charge in [0.15, 0.2) is 5.96 Å². The third kappa shape index (κ3) is 7.48. The number of nitrogens with zero attached hydrogens (tertiary/aromatic N) is 4. The lowest BCUT2D eigenvalue weighted by atomic mass is 10.0. The lowest BCUT2D eigenvalue weighted by molar-refractivity contribution is 0.00752. The van der Waals surface area contributed by atoms with Crippen molar-refractivity contribution in [3.8, 4) is 0 Å². The van der Waals surface area contributed by atoms with Crippen LogP contribution >= 0.6 is 0 Å². The number of rotatable bonds is 10. The Hall–Kier alpha value is -1.86. The highest BCUT2D eigenvalue weighted by Gasteiger charge is 2.23. The van der Waals surface area contributed by atoms with Gasteiger partial charge < -0.3 is 20.3 Å². The van der Waals surface area contributed by atoms with E-state index >= 15 is 0 Å². The van der Waals surface area contributed by atoms with Crippen LogP contribution in [0.5, 0.6) is 0 Å². The maximum Gasteiger partial charge on any atom is 0.191 e. The third-order valence-corrected chi connectivity index (χ3v) is 5.42. The number of hydrogen-bond donors (Lipinski definition) is 2. The Labute approximate surface area is 176 Å². The number of morpholine rings is 1. The van der Waals surface area contributed by atoms with Crippen LogP contribution in [0.15, 0.2) is 23.3 Å². The lowest BCUT2D eigenvalue weighted by Crippen LogP contribution is -2.52. The van der Waals surface area contributed by atoms with Gasteiger partial charge in [0.2, 0.25) is 0 Å². The molecular formula is C22H40N6O. The molecule has 0 amide bonds. The van der Waals surface area contributed by atoms with Crippen molar-refractivity contribution in [2.24, 2.45) is 10.9 Å². The van der Waals surface area contributed by atoms with Gasteiger partial charge in [0.25, 0.3) is 0 Å². The van der Waals surface area contributed by atoms with Gasteiger partial charge in [0, 0.05) is 51.5 Å². The number of anilines is 1. The number of guanidine groups is 1. The van der Waals surface area contributed by atoms with Gasteiger partial charge in [-0.15, -0.1) is 0 Å². The second kappa shape index (κ2) is 12.6. The Morgan fingerprint density at radius 3 is 2.45 bits per heavy atom. The van der Waals surface area contributed by atoms with Crippen molar-refractivity contribution in [3.05, 3.63) is 23.9 Å². The second-order valence-corrected chi connectivity index (χ2v) is 7.73. The summed E-state index contributed by atoms with van der Waals surface area (Å²) in [5.41, 5.74) is 1.12. The van der Waals surface area contributed by atoms with Crippen molar-refractivity contribution >= 4 is 11.8 Å². The first-order valence-corrected chi connectivity index (χ1v) is 11.1. The maximum absolute atomic E-state index is 5.51. The molecule has 7 heteroatoms. The molecule has 1 atom stereocenters. The minimum atomic E-state index is 0.470. The Morgan fingerprint density at radius 2 is 1.90 bits per heavy atom. The summed E-state index contributed by atoms with van der Waals surface area (Å²) < 4.78 is 5.51. The first kappa shape index (κ1) is 23.4. The van der Waals surface area contributed by atoms with E-state index in [-0.39, 0.29) is 0 Å². The summed E-state index contributed by atoms with van der Waals surface area (Å²) in [7, 11) is 0. The highest BCUT2D eigenvalue weighted by atomic mass is 16.5. The molecule has 0 aliphatic carbocycles. The highest BCUT2D eigenvalue weighted by Crippen LogP contribution is 2.13. The van der Waals surface area contributed by atoms with Crippen LogP contribution in [0.3, 0.4) is 0 Å². The standard InChI is InChI=1S/C22H40N6O/c1-6-23-22(26-17-20(18(4)5)28-11-13-29-14-12-28)25-16-19-9-10-21(24-15-19)27(7-2)8-3/h9-10,15,18,20H,6-8,11-14,16-17H2,1-5H3,(H2,23,25,26). The molecule has 1 aliphatic rings. The molecule has 2 heterocycles. The molecule has 0 spiro atoms. The molecule has 164 valence electrons. The molecule has 0 saturated carbocycles. The van der Waals surface area contributed by atoms with Gasteiger partial charge in [-0.1, -0.05) is 19.9 Å². The lowest BCUT2D eigenvalue weighted by Gasteiger charge is -2.37. The smallest absolute Gasteiger partial charge is 0.191 e. The van der Waals surface area contributed by atoms with E-state index in [1.165, 1.54) is 0 Å². The van der Waals surface area contributed by atoms with E-state index in [9.17, 15) is 0 Å². The van der Waals surface area contributed by atoms with Crippen molar-refractivity contribution in [1.82, 2.24) is 20.5 Å². The molecule has 1 saturated heterocycles. The molecule has 0 radical (unpaired) electrons. The number of aliphatic imine (C=N–C) groups is 1. The second-order valence-electron chi connectivity index (χ2n) is 7.73. The van der Waals surface area contributed by atoms with Crippen molar-refractivity contribution in [1.29, 1.82) is 0 Å². The molecule has 1 unspecified atom stereocenters. The summed E-state index contributed by atoms with van der Waals surface area (Å²) >= 11 is 0. The molecule has 2 N–H and O–H groups in total. The van der Waals surface area contributed by atoms with Crippen LogP contribution in [0, 0.1) is 5.92 Å². The molecule has 0 bridgehead atoms. The monoisotopic (exact) mass is 404 g/mol. The average molecular weight is 405 g/mol. The van der Waals surface area contributed by atoms with Crippen molar-refractivity contribution in [2.45, 2.75) is 47.2 Å². The van der Waals surface area contributed by atoms with Gasteiger partial charge in [0.05, 0.1) is 19.8 Å². The van der Waals surface area contributed by atoms with Crippen LogP contribution in [-0.4, -0.2) is 74.4 Å². The van der Waals surface area contributed by atoms with Gasteiger partial charge in [-0.05, 0) is 38.3 Å². The van der Waals surface area contributed by atoms with Crippen LogP contribution in [-0.2, 0) is 11.3 Å². The van der Waals surface area contributed by atoms with Crippen molar-refractivity contribution in [3.63, 3.8) is 0 Å². The SMILES string of the molecule is CCNC(=NCc1ccc(N(CC)CC)nc1)NCC(C(C)C)N1CCOCC1. The van der Waals surface area contributed by atoms with E-state index in [4.69, 9.17) is 9.73 Å². The van der Waals surface area contributed by atoms with E-state index in [0.29, 0.717) is 18.5 Å². The molecule has 2 rings (SSSR count). The zero-order chi connectivity index (χ0) is 21.1. The first-order valence-electron chi connectivity index (χ1n) is 11.1. The zero-order valence-corrected chi connectivity index (χ0v) is 18.9. The van der Waals surface area contributed by atoms with Crippen LogP contribution in [0.1, 0.15) is 40.2 Å². The molecule has 1 fully saturated rings. The highest BCUT2D eigenvalue weighted by molar-refractivity contribution is 5.79. The van der Waals surface area contributed by atoms with E-state index in [2.05, 4.69) is 72.2 Å². The quantitative estimate of drug-likeness (QED) is 0.461. The Bertz CT molecular complexity index is 594. The van der Waals surface area contributed by atoms with Gasteiger partial charge in [0.1, 0.15) is 5.82 Å². The van der Waals surface area contributed by atoms with E-state index in [0.717, 1.165) is 69.8 Å². The fourth-order valence-electron chi connectivity index (χ4n) is 3.65. The molecule has 1 aliphatic heterocycles. The summed E-state index contributed by atoms with van der Waals surface area (Å²) in [4.78, 5) is 14.1. The zero-order valence-electron chi connectivity index (χ0n) is 18.9. The number of hydrogen-bond acceptors (Lipinski definition) is 5. The summed E-state index contributed by atoms with van der Waals surface area (Å²) in [6.07, 6.45) is 1.94. The molecule has 0 aromatic carbocycles. The van der Waals surface area contributed by atoms with E-state index in [1.807, 2.05) is 6.20 Å². The van der Waals surface area contributed by atoms with Crippen molar-refractivity contribution < 1.29 is 4.74 Å². The molecule has 29 heavy (non-hydrogen) atoms. The maximum atomic E-state index is 5.51.